The van der Waals surface area contributed by atoms with Crippen LogP contribution in [0.5, 0.6) is 0 Å². The summed E-state index contributed by atoms with van der Waals surface area (Å²) in [5.74, 6) is 0.313. The van der Waals surface area contributed by atoms with Gasteiger partial charge in [-0.15, -0.1) is 0 Å². The maximum absolute atomic E-state index is 12.2. The molecule has 0 saturated heterocycles. The summed E-state index contributed by atoms with van der Waals surface area (Å²) in [4.78, 5) is 32.0. The number of fused-ring (bicyclic) bond motifs is 1. The van der Waals surface area contributed by atoms with Gasteiger partial charge in [0.25, 0.3) is 5.91 Å². The van der Waals surface area contributed by atoms with Crippen molar-refractivity contribution in [1.29, 1.82) is 0 Å². The van der Waals surface area contributed by atoms with E-state index in [2.05, 4.69) is 25.9 Å². The van der Waals surface area contributed by atoms with E-state index in [1.54, 1.807) is 36.8 Å². The van der Waals surface area contributed by atoms with E-state index in [4.69, 9.17) is 0 Å². The molecule has 0 radical (unpaired) electrons. The molecular weight excluding hydrogens is 330 g/mol. The van der Waals surface area contributed by atoms with E-state index in [9.17, 15) is 9.59 Å². The lowest BCUT2D eigenvalue weighted by molar-refractivity contribution is 0.0951. The first-order valence-electron chi connectivity index (χ1n) is 8.28. The Morgan fingerprint density at radius 1 is 1.08 bits per heavy atom. The molecule has 0 bridgehead atoms. The third-order valence-electron chi connectivity index (χ3n) is 3.82. The number of nitrogens with zero attached hydrogens (tertiary/aromatic N) is 2. The van der Waals surface area contributed by atoms with Crippen LogP contribution in [0.4, 0.5) is 10.6 Å². The van der Waals surface area contributed by atoms with Gasteiger partial charge in [-0.05, 0) is 36.1 Å². The number of hydrogen-bond acceptors (Lipinski definition) is 4. The molecule has 0 aliphatic carbocycles. The van der Waals surface area contributed by atoms with Crippen molar-refractivity contribution in [2.75, 3.05) is 11.9 Å². The lowest BCUT2D eigenvalue weighted by Gasteiger charge is -2.10. The molecule has 2 aromatic heterocycles. The number of amides is 3. The minimum atomic E-state index is -0.292. The molecule has 26 heavy (non-hydrogen) atoms. The zero-order valence-corrected chi connectivity index (χ0v) is 14.3. The fourth-order valence-electron chi connectivity index (χ4n) is 2.56. The highest BCUT2D eigenvalue weighted by Crippen LogP contribution is 2.20. The largest absolute Gasteiger partial charge is 0.348 e. The van der Waals surface area contributed by atoms with Gasteiger partial charge in [-0.2, -0.15) is 0 Å². The first-order chi connectivity index (χ1) is 12.7. The van der Waals surface area contributed by atoms with Crippen molar-refractivity contribution in [3.63, 3.8) is 0 Å². The third kappa shape index (κ3) is 4.13. The Hall–Kier alpha value is -3.48. The van der Waals surface area contributed by atoms with Crippen LogP contribution in [0.2, 0.25) is 0 Å². The van der Waals surface area contributed by atoms with E-state index < -0.39 is 0 Å². The van der Waals surface area contributed by atoms with Crippen LogP contribution in [0.25, 0.3) is 10.8 Å². The normalized spacial score (nSPS) is 10.3. The minimum absolute atomic E-state index is 0.160. The van der Waals surface area contributed by atoms with Crippen molar-refractivity contribution < 1.29 is 9.59 Å². The van der Waals surface area contributed by atoms with Crippen LogP contribution in [0.15, 0.2) is 55.0 Å². The number of urea groups is 1. The number of benzene rings is 1. The number of carbonyl (C=O) groups is 2. The summed E-state index contributed by atoms with van der Waals surface area (Å²) in [5.41, 5.74) is 1.51. The second kappa shape index (κ2) is 8.06. The molecule has 7 nitrogen and oxygen atoms in total. The number of aromatic nitrogens is 2. The minimum Gasteiger partial charge on any atom is -0.348 e. The van der Waals surface area contributed by atoms with Gasteiger partial charge in [0.15, 0.2) is 0 Å². The highest BCUT2D eigenvalue weighted by molar-refractivity contribution is 5.95. The zero-order chi connectivity index (χ0) is 18.4. The molecule has 7 heteroatoms. The zero-order valence-electron chi connectivity index (χ0n) is 14.3. The summed E-state index contributed by atoms with van der Waals surface area (Å²) in [6.07, 6.45) is 4.87. The Balaban J connectivity index is 1.75. The topological polar surface area (TPSA) is 96.0 Å². The van der Waals surface area contributed by atoms with Gasteiger partial charge >= 0.3 is 6.03 Å². The highest BCUT2D eigenvalue weighted by atomic mass is 16.2. The number of pyridine rings is 2. The number of rotatable bonds is 5. The van der Waals surface area contributed by atoms with Gasteiger partial charge < -0.3 is 10.6 Å². The molecule has 3 amide bonds. The first kappa shape index (κ1) is 17.3. The van der Waals surface area contributed by atoms with Gasteiger partial charge in [-0.25, -0.2) is 9.78 Å². The fourth-order valence-corrected chi connectivity index (χ4v) is 2.56. The van der Waals surface area contributed by atoms with E-state index in [1.807, 2.05) is 25.1 Å². The van der Waals surface area contributed by atoms with Gasteiger partial charge in [-0.3, -0.25) is 15.1 Å². The second-order valence-corrected chi connectivity index (χ2v) is 5.61. The smallest absolute Gasteiger partial charge is 0.320 e. The van der Waals surface area contributed by atoms with E-state index in [0.717, 1.165) is 16.3 Å². The molecule has 3 aromatic rings. The van der Waals surface area contributed by atoms with Crippen LogP contribution in [0.1, 0.15) is 22.8 Å². The average molecular weight is 349 g/mol. The SMILES string of the molecule is CCNC(=O)Nc1cc2cccc(CNC(=O)c3ccncc3)c2cn1. The van der Waals surface area contributed by atoms with Crippen LogP contribution >= 0.6 is 0 Å². The predicted molar refractivity (Wildman–Crippen MR) is 99.8 cm³/mol. The molecule has 0 atom stereocenters. The summed E-state index contributed by atoms with van der Waals surface area (Å²) in [5, 5.41) is 10.1. The van der Waals surface area contributed by atoms with Crippen molar-refractivity contribution in [3.8, 4) is 0 Å². The van der Waals surface area contributed by atoms with Crippen molar-refractivity contribution in [1.82, 2.24) is 20.6 Å². The Kier molecular flexibility index (Phi) is 5.38. The molecule has 132 valence electrons. The van der Waals surface area contributed by atoms with Crippen LogP contribution in [0, 0.1) is 0 Å². The quantitative estimate of drug-likeness (QED) is 0.660. The molecular formula is C19H19N5O2. The van der Waals surface area contributed by atoms with Gasteiger partial charge in [0.2, 0.25) is 0 Å². The molecule has 0 saturated carbocycles. The molecule has 3 rings (SSSR count). The van der Waals surface area contributed by atoms with Crippen molar-refractivity contribution in [2.45, 2.75) is 13.5 Å². The van der Waals surface area contributed by atoms with Crippen LogP contribution in [-0.4, -0.2) is 28.5 Å². The molecule has 0 unspecified atom stereocenters. The van der Waals surface area contributed by atoms with Gasteiger partial charge in [0, 0.05) is 42.6 Å². The van der Waals surface area contributed by atoms with E-state index in [1.165, 1.54) is 0 Å². The van der Waals surface area contributed by atoms with E-state index >= 15 is 0 Å². The lowest BCUT2D eigenvalue weighted by atomic mass is 10.1. The summed E-state index contributed by atoms with van der Waals surface area (Å²) >= 11 is 0. The van der Waals surface area contributed by atoms with Crippen LogP contribution < -0.4 is 16.0 Å². The summed E-state index contributed by atoms with van der Waals surface area (Å²) in [6.45, 7) is 2.77. The van der Waals surface area contributed by atoms with Gasteiger partial charge in [-0.1, -0.05) is 18.2 Å². The van der Waals surface area contributed by atoms with E-state index in [0.29, 0.717) is 24.5 Å². The molecule has 0 aliphatic heterocycles. The fraction of sp³-hybridized carbons (Fsp3) is 0.158. The summed E-state index contributed by atoms with van der Waals surface area (Å²) in [7, 11) is 0. The monoisotopic (exact) mass is 349 g/mol. The molecule has 2 heterocycles. The lowest BCUT2D eigenvalue weighted by Crippen LogP contribution is -2.28. The van der Waals surface area contributed by atoms with Crippen molar-refractivity contribution >= 4 is 28.5 Å². The van der Waals surface area contributed by atoms with Gasteiger partial charge in [0.05, 0.1) is 0 Å². The number of hydrogen-bond donors (Lipinski definition) is 3. The predicted octanol–water partition coefficient (Wildman–Crippen LogP) is 2.70. The van der Waals surface area contributed by atoms with Gasteiger partial charge in [0.1, 0.15) is 5.82 Å². The molecule has 3 N–H and O–H groups in total. The summed E-state index contributed by atoms with van der Waals surface area (Å²) < 4.78 is 0. The molecule has 0 aliphatic rings. The van der Waals surface area contributed by atoms with Crippen molar-refractivity contribution in [2.24, 2.45) is 0 Å². The third-order valence-corrected chi connectivity index (χ3v) is 3.82. The Bertz CT molecular complexity index is 928. The standard InChI is InChI=1S/C19H19N5O2/c1-2-21-19(26)24-17-10-14-4-3-5-15(16(14)12-22-17)11-23-18(25)13-6-8-20-9-7-13/h3-10,12H,2,11H2,1H3,(H,23,25)(H2,21,22,24,26). The summed E-state index contributed by atoms with van der Waals surface area (Å²) in [6, 6.07) is 10.6. The van der Waals surface area contributed by atoms with E-state index in [-0.39, 0.29) is 11.9 Å². The highest BCUT2D eigenvalue weighted by Gasteiger charge is 2.08. The Morgan fingerprint density at radius 3 is 2.65 bits per heavy atom. The van der Waals surface area contributed by atoms with Crippen molar-refractivity contribution in [3.05, 3.63) is 66.1 Å². The Morgan fingerprint density at radius 2 is 1.88 bits per heavy atom. The second-order valence-electron chi connectivity index (χ2n) is 5.61. The number of nitrogens with one attached hydrogen (secondary N) is 3. The molecule has 0 fully saturated rings. The van der Waals surface area contributed by atoms with Crippen LogP contribution in [-0.2, 0) is 6.54 Å². The molecule has 0 spiro atoms. The number of anilines is 1. The maximum Gasteiger partial charge on any atom is 0.320 e. The Labute approximate surface area is 150 Å². The molecule has 1 aromatic carbocycles. The van der Waals surface area contributed by atoms with Crippen LogP contribution in [0.3, 0.4) is 0 Å². The first-order valence-corrected chi connectivity index (χ1v) is 8.28. The average Bonchev–Trinajstić information content (AvgIpc) is 2.66. The maximum atomic E-state index is 12.2. The number of carbonyl (C=O) groups excluding carboxylic acids is 2.